The van der Waals surface area contributed by atoms with Crippen molar-refractivity contribution in [1.82, 2.24) is 69.1 Å². The predicted octanol–water partition coefficient (Wildman–Crippen LogP) is -0.204. The summed E-state index contributed by atoms with van der Waals surface area (Å²) in [5, 5.41) is 90.5. The Morgan fingerprint density at radius 1 is 0.363 bits per heavy atom. The Hall–Kier alpha value is -12.6. The van der Waals surface area contributed by atoms with Gasteiger partial charge in [0.1, 0.15) is 60.4 Å². The SMILES string of the molecule is CC(=O)N[C@@H](Cc1ccccc1)C(=O)N[C@@H](Cc1ccccc1)C(=O)N[C@@H](C)C(=O)N[C@@H](C)C(=O)N[C@@H](CCC(=O)O)C(=O)N[C@@H](CCC(=O)O)C(=O)N[C@@H](CCC(=O)O)C(=O)NCC(=O)NCC1CCC(C(=O)N[C@@H](Cc2ccc3ccccc3c2)C(=O)NCCCC[C@H](NC(=O)N[C@@H](CCC(=O)O)C(=O)O)C(=O)O)CC1. The van der Waals surface area contributed by atoms with Gasteiger partial charge in [-0.3, -0.25) is 71.9 Å². The molecule has 0 saturated heterocycles. The van der Waals surface area contributed by atoms with Crippen LogP contribution < -0.4 is 69.1 Å². The van der Waals surface area contributed by atoms with Gasteiger partial charge >= 0.3 is 41.8 Å². The summed E-state index contributed by atoms with van der Waals surface area (Å²) in [5.41, 5.74) is 2.05. The normalized spacial score (nSPS) is 15.6. The molecule has 5 rings (SSSR count). The summed E-state index contributed by atoms with van der Waals surface area (Å²) in [5.74, 6) is -18.6. The van der Waals surface area contributed by atoms with Gasteiger partial charge in [-0.1, -0.05) is 103 Å². The van der Waals surface area contributed by atoms with Crippen LogP contribution >= 0.6 is 0 Å². The second-order valence-corrected chi connectivity index (χ2v) is 27.4. The van der Waals surface area contributed by atoms with E-state index in [2.05, 4.69) is 69.1 Å². The second-order valence-electron chi connectivity index (χ2n) is 27.4. The summed E-state index contributed by atoms with van der Waals surface area (Å²) in [4.78, 5) is 232. The van der Waals surface area contributed by atoms with Gasteiger partial charge in [0.25, 0.3) is 0 Å². The number of carboxylic acids is 6. The zero-order chi connectivity index (χ0) is 83.3. The van der Waals surface area contributed by atoms with Gasteiger partial charge < -0.3 is 99.8 Å². The van der Waals surface area contributed by atoms with E-state index in [-0.39, 0.29) is 57.5 Å². The molecule has 1 fully saturated rings. The third kappa shape index (κ3) is 33.7. The van der Waals surface area contributed by atoms with Crippen LogP contribution in [0.25, 0.3) is 10.8 Å². The number of aliphatic carboxylic acids is 6. The van der Waals surface area contributed by atoms with E-state index >= 15 is 0 Å². The number of rotatable bonds is 48. The van der Waals surface area contributed by atoms with Gasteiger partial charge in [0, 0.05) is 70.9 Å². The summed E-state index contributed by atoms with van der Waals surface area (Å²) in [6.07, 6.45) is -3.33. The Kier molecular flexibility index (Phi) is 37.7. The molecule has 0 aromatic heterocycles. The summed E-state index contributed by atoms with van der Waals surface area (Å²) in [6, 6.07) is 14.4. The number of carboxylic acid groups (broad SMARTS) is 6. The van der Waals surface area contributed by atoms with Crippen molar-refractivity contribution in [3.63, 3.8) is 0 Å². The van der Waals surface area contributed by atoms with E-state index < -0.39 is 231 Å². The van der Waals surface area contributed by atoms with Crippen LogP contribution in [0.2, 0.25) is 0 Å². The molecule has 1 aliphatic rings. The zero-order valence-corrected chi connectivity index (χ0v) is 62.6. The maximum absolute atomic E-state index is 14.0. The lowest BCUT2D eigenvalue weighted by atomic mass is 9.81. The highest BCUT2D eigenvalue weighted by atomic mass is 16.4. The van der Waals surface area contributed by atoms with Crippen molar-refractivity contribution < 1.29 is 117 Å². The highest BCUT2D eigenvalue weighted by molar-refractivity contribution is 5.99. The molecule has 13 amide bonds. The molecule has 0 aliphatic heterocycles. The van der Waals surface area contributed by atoms with Gasteiger partial charge in [-0.25, -0.2) is 14.4 Å². The van der Waals surface area contributed by atoms with Crippen LogP contribution in [0.15, 0.2) is 103 Å². The lowest BCUT2D eigenvalue weighted by Crippen LogP contribution is -2.59. The molecule has 1 aliphatic carbocycles. The van der Waals surface area contributed by atoms with Crippen LogP contribution in [-0.4, -0.2) is 218 Å². The number of fused-ring (bicyclic) bond motifs is 1. The topological polar surface area (TPSA) is 585 Å². The van der Waals surface area contributed by atoms with Crippen molar-refractivity contribution in [3.8, 4) is 0 Å². The summed E-state index contributed by atoms with van der Waals surface area (Å²) in [6.45, 7) is 3.08. The minimum absolute atomic E-state index is 0.0274. The minimum Gasteiger partial charge on any atom is -0.481 e. The molecule has 1 saturated carbocycles. The average Bonchev–Trinajstić information content (AvgIpc) is 0.822. The Morgan fingerprint density at radius 3 is 1.27 bits per heavy atom. The van der Waals surface area contributed by atoms with Gasteiger partial charge in [-0.2, -0.15) is 0 Å². The molecule has 10 atom stereocenters. The third-order valence-corrected chi connectivity index (χ3v) is 18.4. The molecule has 4 aromatic rings. The highest BCUT2D eigenvalue weighted by Gasteiger charge is 2.36. The highest BCUT2D eigenvalue weighted by Crippen LogP contribution is 2.29. The van der Waals surface area contributed by atoms with Crippen molar-refractivity contribution in [1.29, 1.82) is 0 Å². The fourth-order valence-corrected chi connectivity index (χ4v) is 12.2. The minimum atomic E-state index is -1.85. The van der Waals surface area contributed by atoms with E-state index in [0.717, 1.165) is 16.3 Å². The number of urea groups is 1. The van der Waals surface area contributed by atoms with Gasteiger partial charge in [-0.05, 0) is 118 Å². The van der Waals surface area contributed by atoms with Crippen molar-refractivity contribution in [3.05, 3.63) is 120 Å². The predicted molar refractivity (Wildman–Crippen MR) is 401 cm³/mol. The Morgan fingerprint density at radius 2 is 0.761 bits per heavy atom. The molecule has 612 valence electrons. The first-order valence-corrected chi connectivity index (χ1v) is 36.8. The fourth-order valence-electron chi connectivity index (χ4n) is 12.2. The zero-order valence-electron chi connectivity index (χ0n) is 62.6. The third-order valence-electron chi connectivity index (χ3n) is 18.4. The lowest BCUT2D eigenvalue weighted by molar-refractivity contribution is -0.141. The van der Waals surface area contributed by atoms with Crippen LogP contribution in [0.3, 0.4) is 0 Å². The average molecular weight is 1580 g/mol. The lowest BCUT2D eigenvalue weighted by Gasteiger charge is -2.29. The number of carbonyl (C=O) groups is 18. The number of nitrogens with one attached hydrogen (secondary N) is 13. The molecule has 37 heteroatoms. The molecule has 0 heterocycles. The number of benzene rings is 4. The van der Waals surface area contributed by atoms with E-state index in [4.69, 9.17) is 5.11 Å². The summed E-state index contributed by atoms with van der Waals surface area (Å²) in [7, 11) is 0. The first-order valence-electron chi connectivity index (χ1n) is 36.8. The van der Waals surface area contributed by atoms with Crippen molar-refractivity contribution in [2.45, 2.75) is 197 Å². The Balaban J connectivity index is 1.14. The molecule has 37 nitrogen and oxygen atoms in total. The van der Waals surface area contributed by atoms with E-state index in [1.807, 2.05) is 42.5 Å². The molecule has 0 spiro atoms. The van der Waals surface area contributed by atoms with E-state index in [1.54, 1.807) is 60.7 Å². The Bertz CT molecular complexity index is 4030. The van der Waals surface area contributed by atoms with Crippen LogP contribution in [0.1, 0.15) is 134 Å². The number of amides is 13. The summed E-state index contributed by atoms with van der Waals surface area (Å²) < 4.78 is 0. The van der Waals surface area contributed by atoms with E-state index in [9.17, 15) is 112 Å². The van der Waals surface area contributed by atoms with Crippen molar-refractivity contribution >= 4 is 118 Å². The van der Waals surface area contributed by atoms with Crippen LogP contribution in [0.5, 0.6) is 0 Å². The van der Waals surface area contributed by atoms with Crippen molar-refractivity contribution in [2.24, 2.45) is 11.8 Å². The summed E-state index contributed by atoms with van der Waals surface area (Å²) >= 11 is 0. The quantitative estimate of drug-likeness (QED) is 0.0255. The molecule has 0 bridgehead atoms. The second kappa shape index (κ2) is 46.8. The molecule has 113 heavy (non-hydrogen) atoms. The largest absolute Gasteiger partial charge is 0.481 e. The number of hydrogen-bond acceptors (Lipinski definition) is 18. The maximum atomic E-state index is 14.0. The van der Waals surface area contributed by atoms with E-state index in [1.165, 1.54) is 20.8 Å². The standard InChI is InChI=1S/C76H99N13O24/c1-42(81-72(107)59(38-46-16-8-5-9-17-46)87-73(108)58(82-44(3)90)37-45-14-6-4-7-15-45)65(100)80-43(2)66(101)83-53(28-32-62(94)95)70(105)85-54(29-33-63(96)97)71(106)84-52(27-31-61(92)93)68(103)79-41-60(91)78-40-47-21-25-50(26-22-47)67(102)86-57(39-48-23-24-49-18-10-11-19-51(49)36-48)69(104)77-35-13-12-20-55(74(109)110)88-76(113)89-56(75(111)112)30-34-64(98)99/h4-11,14-19,23-24,36,42-43,47,50,52-59H,12-13,20-22,25-35,37-41H2,1-3H3,(H,77,104)(H,78,91)(H,79,103)(H,80,100)(H,81,107)(H,82,90)(H,83,101)(H,84,106)(H,85,105)(H,86,102)(H,87,108)(H,92,93)(H,94,95)(H,96,97)(H,98,99)(H,109,110)(H,111,112)(H2,88,89,113)/t42-,43-,47?,50?,52-,53-,54-,55-,56-,57-,58-,59-/m0/s1. The number of carbonyl (C=O) groups excluding carboxylic acids is 12. The fraction of sp³-hybridized carbons (Fsp3) is 0.474. The van der Waals surface area contributed by atoms with Crippen molar-refractivity contribution in [2.75, 3.05) is 19.6 Å². The van der Waals surface area contributed by atoms with Crippen LogP contribution in [0.4, 0.5) is 4.79 Å². The van der Waals surface area contributed by atoms with E-state index in [0.29, 0.717) is 36.8 Å². The van der Waals surface area contributed by atoms with Gasteiger partial charge in [0.15, 0.2) is 0 Å². The smallest absolute Gasteiger partial charge is 0.326 e. The molecular formula is C76H99N13O24. The molecule has 0 unspecified atom stereocenters. The van der Waals surface area contributed by atoms with Gasteiger partial charge in [0.2, 0.25) is 65.0 Å². The monoisotopic (exact) mass is 1580 g/mol. The maximum Gasteiger partial charge on any atom is 0.326 e. The molecule has 0 radical (unpaired) electrons. The molecule has 4 aromatic carbocycles. The van der Waals surface area contributed by atoms with Crippen LogP contribution in [-0.2, 0) is 101 Å². The Labute approximate surface area is 649 Å². The first kappa shape index (κ1) is 91.0. The first-order chi connectivity index (χ1) is 53.6. The number of hydrogen-bond donors (Lipinski definition) is 19. The molecular weight excluding hydrogens is 1480 g/mol. The number of unbranched alkanes of at least 4 members (excludes halogenated alkanes) is 1. The van der Waals surface area contributed by atoms with Gasteiger partial charge in [-0.15, -0.1) is 0 Å². The molecule has 19 N–H and O–H groups in total. The van der Waals surface area contributed by atoms with Crippen LogP contribution in [0, 0.1) is 11.8 Å². The van der Waals surface area contributed by atoms with Gasteiger partial charge in [0.05, 0.1) is 6.54 Å².